The van der Waals surface area contributed by atoms with Gasteiger partial charge in [0.1, 0.15) is 5.75 Å². The molecule has 0 heterocycles. The van der Waals surface area contributed by atoms with Crippen LogP contribution in [-0.2, 0) is 9.84 Å². The van der Waals surface area contributed by atoms with Crippen molar-refractivity contribution < 1.29 is 13.2 Å². The first-order valence-corrected chi connectivity index (χ1v) is 8.12. The van der Waals surface area contributed by atoms with E-state index in [1.165, 1.54) is 0 Å². The molecule has 19 heavy (non-hydrogen) atoms. The van der Waals surface area contributed by atoms with E-state index < -0.39 is 9.84 Å². The van der Waals surface area contributed by atoms with Gasteiger partial charge in [0.25, 0.3) is 0 Å². The normalized spacial score (nSPS) is 10.9. The minimum Gasteiger partial charge on any atom is -0.494 e. The third-order valence-electron chi connectivity index (χ3n) is 2.63. The van der Waals surface area contributed by atoms with Crippen molar-refractivity contribution in [2.24, 2.45) is 0 Å². The summed E-state index contributed by atoms with van der Waals surface area (Å²) in [5, 5.41) is 8.35. The SMILES string of the molecule is Cc1cccc(OCCCCS(=O)(=O)CCC#N)c1. The van der Waals surface area contributed by atoms with Gasteiger partial charge in [-0.2, -0.15) is 5.26 Å². The van der Waals surface area contributed by atoms with E-state index in [2.05, 4.69) is 0 Å². The third-order valence-corrected chi connectivity index (χ3v) is 4.37. The number of sulfone groups is 1. The first-order chi connectivity index (χ1) is 9.03. The molecule has 0 saturated heterocycles. The second-order valence-electron chi connectivity index (χ2n) is 4.43. The molecule has 0 amide bonds. The lowest BCUT2D eigenvalue weighted by Crippen LogP contribution is -2.11. The molecule has 0 spiro atoms. The van der Waals surface area contributed by atoms with Crippen LogP contribution < -0.4 is 4.74 Å². The van der Waals surface area contributed by atoms with Crippen LogP contribution in [0.3, 0.4) is 0 Å². The topological polar surface area (TPSA) is 67.2 Å². The van der Waals surface area contributed by atoms with E-state index >= 15 is 0 Å². The van der Waals surface area contributed by atoms with Gasteiger partial charge >= 0.3 is 0 Å². The van der Waals surface area contributed by atoms with Crippen molar-refractivity contribution in [2.45, 2.75) is 26.2 Å². The number of nitrogens with zero attached hydrogens (tertiary/aromatic N) is 1. The molecule has 0 aromatic heterocycles. The van der Waals surface area contributed by atoms with Crippen molar-refractivity contribution in [3.05, 3.63) is 29.8 Å². The number of rotatable bonds is 8. The van der Waals surface area contributed by atoms with Crippen LogP contribution in [0.1, 0.15) is 24.8 Å². The zero-order chi connectivity index (χ0) is 14.1. The minimum absolute atomic E-state index is 0.0394. The largest absolute Gasteiger partial charge is 0.494 e. The van der Waals surface area contributed by atoms with Crippen LogP contribution in [0.15, 0.2) is 24.3 Å². The van der Waals surface area contributed by atoms with Crippen LogP contribution in [-0.4, -0.2) is 26.5 Å². The van der Waals surface area contributed by atoms with E-state index in [-0.39, 0.29) is 17.9 Å². The molecule has 0 N–H and O–H groups in total. The van der Waals surface area contributed by atoms with Crippen LogP contribution in [0.5, 0.6) is 5.75 Å². The fourth-order valence-electron chi connectivity index (χ4n) is 1.62. The number of hydrogen-bond acceptors (Lipinski definition) is 4. The Morgan fingerprint density at radius 2 is 2.05 bits per heavy atom. The molecule has 0 bridgehead atoms. The average Bonchev–Trinajstić information content (AvgIpc) is 2.36. The number of ether oxygens (including phenoxy) is 1. The minimum atomic E-state index is -3.07. The van der Waals surface area contributed by atoms with Gasteiger partial charge < -0.3 is 4.74 Å². The molecule has 0 fully saturated rings. The summed E-state index contributed by atoms with van der Waals surface area (Å²) < 4.78 is 28.5. The molecule has 0 unspecified atom stereocenters. The molecule has 0 aliphatic rings. The maximum atomic E-state index is 11.5. The van der Waals surface area contributed by atoms with E-state index in [4.69, 9.17) is 10.00 Å². The molecule has 0 saturated carbocycles. The Labute approximate surface area is 114 Å². The first kappa shape index (κ1) is 15.5. The highest BCUT2D eigenvalue weighted by atomic mass is 32.2. The molecule has 1 aromatic rings. The Balaban J connectivity index is 2.20. The molecule has 104 valence electrons. The van der Waals surface area contributed by atoms with E-state index in [9.17, 15) is 8.42 Å². The molecular formula is C14H19NO3S. The molecule has 0 atom stereocenters. The number of nitriles is 1. The maximum absolute atomic E-state index is 11.5. The van der Waals surface area contributed by atoms with Crippen LogP contribution in [0, 0.1) is 18.3 Å². The number of benzene rings is 1. The Morgan fingerprint density at radius 3 is 2.74 bits per heavy atom. The molecule has 4 nitrogen and oxygen atoms in total. The highest BCUT2D eigenvalue weighted by molar-refractivity contribution is 7.91. The zero-order valence-corrected chi connectivity index (χ0v) is 11.9. The van der Waals surface area contributed by atoms with Gasteiger partial charge in [-0.3, -0.25) is 0 Å². The Hall–Kier alpha value is -1.54. The van der Waals surface area contributed by atoms with Crippen molar-refractivity contribution in [3.8, 4) is 11.8 Å². The van der Waals surface area contributed by atoms with Crippen molar-refractivity contribution >= 4 is 9.84 Å². The van der Waals surface area contributed by atoms with Gasteiger partial charge in [-0.05, 0) is 37.5 Å². The third kappa shape index (κ3) is 6.82. The van der Waals surface area contributed by atoms with Crippen molar-refractivity contribution in [2.75, 3.05) is 18.1 Å². The number of aryl methyl sites for hydroxylation is 1. The van der Waals surface area contributed by atoms with Crippen LogP contribution in [0.4, 0.5) is 0 Å². The standard InChI is InChI=1S/C14H19NO3S/c1-13-6-4-7-14(12-13)18-9-2-3-10-19(16,17)11-5-8-15/h4,6-7,12H,2-3,5,9-11H2,1H3. The lowest BCUT2D eigenvalue weighted by Gasteiger charge is -2.06. The Bertz CT molecular complexity index is 532. The second kappa shape index (κ2) is 7.80. The van der Waals surface area contributed by atoms with Gasteiger partial charge in [-0.1, -0.05) is 12.1 Å². The quantitative estimate of drug-likeness (QED) is 0.687. The summed E-state index contributed by atoms with van der Waals surface area (Å²) in [6.07, 6.45) is 1.33. The Morgan fingerprint density at radius 1 is 1.26 bits per heavy atom. The van der Waals surface area contributed by atoms with E-state index in [1.807, 2.05) is 37.3 Å². The second-order valence-corrected chi connectivity index (χ2v) is 6.74. The number of hydrogen-bond donors (Lipinski definition) is 0. The molecule has 1 aromatic carbocycles. The fraction of sp³-hybridized carbons (Fsp3) is 0.500. The summed E-state index contributed by atoms with van der Waals surface area (Å²) in [5.41, 5.74) is 1.14. The molecule has 5 heteroatoms. The summed E-state index contributed by atoms with van der Waals surface area (Å²) in [6.45, 7) is 2.51. The van der Waals surface area contributed by atoms with Crippen LogP contribution in [0.2, 0.25) is 0 Å². The molecule has 1 rings (SSSR count). The summed E-state index contributed by atoms with van der Waals surface area (Å²) in [6, 6.07) is 9.60. The summed E-state index contributed by atoms with van der Waals surface area (Å²) >= 11 is 0. The molecule has 0 radical (unpaired) electrons. The van der Waals surface area contributed by atoms with Gasteiger partial charge in [-0.15, -0.1) is 0 Å². The van der Waals surface area contributed by atoms with Gasteiger partial charge in [0.2, 0.25) is 0 Å². The van der Waals surface area contributed by atoms with Crippen molar-refractivity contribution in [1.82, 2.24) is 0 Å². The summed E-state index contributed by atoms with van der Waals surface area (Å²) in [4.78, 5) is 0. The van der Waals surface area contributed by atoms with Crippen LogP contribution >= 0.6 is 0 Å². The van der Waals surface area contributed by atoms with E-state index in [1.54, 1.807) is 0 Å². The summed E-state index contributed by atoms with van der Waals surface area (Å²) in [5.74, 6) is 0.904. The molecular weight excluding hydrogens is 262 g/mol. The highest BCUT2D eigenvalue weighted by Crippen LogP contribution is 2.12. The van der Waals surface area contributed by atoms with Crippen molar-refractivity contribution in [1.29, 1.82) is 5.26 Å². The first-order valence-electron chi connectivity index (χ1n) is 6.30. The van der Waals surface area contributed by atoms with Gasteiger partial charge in [0, 0.05) is 6.42 Å². The Kier molecular flexibility index (Phi) is 6.37. The average molecular weight is 281 g/mol. The monoisotopic (exact) mass is 281 g/mol. The fourth-order valence-corrected chi connectivity index (χ4v) is 2.87. The maximum Gasteiger partial charge on any atom is 0.151 e. The van der Waals surface area contributed by atoms with Gasteiger partial charge in [0.15, 0.2) is 9.84 Å². The van der Waals surface area contributed by atoms with E-state index in [0.717, 1.165) is 11.3 Å². The van der Waals surface area contributed by atoms with Crippen LogP contribution in [0.25, 0.3) is 0 Å². The lowest BCUT2D eigenvalue weighted by molar-refractivity contribution is 0.309. The van der Waals surface area contributed by atoms with Gasteiger partial charge in [-0.25, -0.2) is 8.42 Å². The summed E-state index contributed by atoms with van der Waals surface area (Å²) in [7, 11) is -3.07. The predicted octanol–water partition coefficient (Wildman–Crippen LogP) is 2.48. The lowest BCUT2D eigenvalue weighted by atomic mass is 10.2. The smallest absolute Gasteiger partial charge is 0.151 e. The van der Waals surface area contributed by atoms with Crippen molar-refractivity contribution in [3.63, 3.8) is 0 Å². The zero-order valence-electron chi connectivity index (χ0n) is 11.1. The predicted molar refractivity (Wildman–Crippen MR) is 74.8 cm³/mol. The molecule has 0 aliphatic carbocycles. The molecule has 0 aliphatic heterocycles. The number of unbranched alkanes of at least 4 members (excludes halogenated alkanes) is 1. The van der Waals surface area contributed by atoms with E-state index in [0.29, 0.717) is 19.4 Å². The highest BCUT2D eigenvalue weighted by Gasteiger charge is 2.09. The van der Waals surface area contributed by atoms with Gasteiger partial charge in [0.05, 0.1) is 24.2 Å².